The second-order valence-corrected chi connectivity index (χ2v) is 5.89. The van der Waals surface area contributed by atoms with Crippen LogP contribution in [0.25, 0.3) is 0 Å². The fraction of sp³-hybridized carbons (Fsp3) is 0.167. The lowest BCUT2D eigenvalue weighted by atomic mass is 10.1. The van der Waals surface area contributed by atoms with Gasteiger partial charge < -0.3 is 5.32 Å². The van der Waals surface area contributed by atoms with Gasteiger partial charge in [-0.05, 0) is 29.5 Å². The SMILES string of the molecule is CSc1ccc(/C=N\NC(=O)CNC(=O)Cc2ccccc2)cc1. The number of rotatable bonds is 7. The molecule has 0 aliphatic heterocycles. The summed E-state index contributed by atoms with van der Waals surface area (Å²) >= 11 is 1.66. The smallest absolute Gasteiger partial charge is 0.259 e. The van der Waals surface area contributed by atoms with Gasteiger partial charge in [-0.15, -0.1) is 11.8 Å². The van der Waals surface area contributed by atoms with E-state index in [2.05, 4.69) is 15.8 Å². The minimum absolute atomic E-state index is 0.103. The number of benzene rings is 2. The van der Waals surface area contributed by atoms with Gasteiger partial charge in [-0.25, -0.2) is 5.43 Å². The second-order valence-electron chi connectivity index (χ2n) is 5.01. The van der Waals surface area contributed by atoms with E-state index in [9.17, 15) is 9.59 Å². The molecule has 0 aromatic heterocycles. The van der Waals surface area contributed by atoms with Crippen molar-refractivity contribution in [3.63, 3.8) is 0 Å². The quantitative estimate of drug-likeness (QED) is 0.461. The van der Waals surface area contributed by atoms with Gasteiger partial charge in [0.15, 0.2) is 0 Å². The van der Waals surface area contributed by atoms with Crippen molar-refractivity contribution in [1.82, 2.24) is 10.7 Å². The van der Waals surface area contributed by atoms with Gasteiger partial charge in [-0.2, -0.15) is 5.10 Å². The number of thioether (sulfide) groups is 1. The van der Waals surface area contributed by atoms with Crippen molar-refractivity contribution in [3.8, 4) is 0 Å². The van der Waals surface area contributed by atoms with E-state index in [0.29, 0.717) is 0 Å². The molecule has 0 bridgehead atoms. The van der Waals surface area contributed by atoms with E-state index in [0.717, 1.165) is 16.0 Å². The molecule has 2 N–H and O–H groups in total. The van der Waals surface area contributed by atoms with E-state index in [-0.39, 0.29) is 24.8 Å². The lowest BCUT2D eigenvalue weighted by Gasteiger charge is -2.04. The minimum atomic E-state index is -0.367. The molecule has 2 aromatic carbocycles. The van der Waals surface area contributed by atoms with E-state index < -0.39 is 0 Å². The van der Waals surface area contributed by atoms with Gasteiger partial charge in [-0.1, -0.05) is 42.5 Å². The molecule has 2 aromatic rings. The first-order chi connectivity index (χ1) is 11.7. The van der Waals surface area contributed by atoms with Crippen LogP contribution in [0.15, 0.2) is 64.6 Å². The van der Waals surface area contributed by atoms with Gasteiger partial charge in [0.2, 0.25) is 5.91 Å². The van der Waals surface area contributed by atoms with Crippen LogP contribution in [0.3, 0.4) is 0 Å². The van der Waals surface area contributed by atoms with Gasteiger partial charge in [0.25, 0.3) is 5.91 Å². The topological polar surface area (TPSA) is 70.6 Å². The molecule has 0 fully saturated rings. The standard InChI is InChI=1S/C18H19N3O2S/c1-24-16-9-7-15(8-10-16)12-20-21-18(23)13-19-17(22)11-14-5-3-2-4-6-14/h2-10,12H,11,13H2,1H3,(H,19,22)(H,21,23)/b20-12-. The highest BCUT2D eigenvalue weighted by Crippen LogP contribution is 2.13. The Kier molecular flexibility index (Phi) is 7.04. The van der Waals surface area contributed by atoms with Crippen LogP contribution in [-0.2, 0) is 16.0 Å². The summed E-state index contributed by atoms with van der Waals surface area (Å²) in [6.07, 6.45) is 3.82. The number of carbonyl (C=O) groups excluding carboxylic acids is 2. The monoisotopic (exact) mass is 341 g/mol. The van der Waals surface area contributed by atoms with E-state index in [1.54, 1.807) is 18.0 Å². The number of carbonyl (C=O) groups is 2. The van der Waals surface area contributed by atoms with Crippen LogP contribution < -0.4 is 10.7 Å². The van der Waals surface area contributed by atoms with Crippen LogP contribution in [-0.4, -0.2) is 30.8 Å². The van der Waals surface area contributed by atoms with Crippen LogP contribution >= 0.6 is 11.8 Å². The van der Waals surface area contributed by atoms with Crippen LogP contribution in [0, 0.1) is 0 Å². The zero-order chi connectivity index (χ0) is 17.2. The fourth-order valence-electron chi connectivity index (χ4n) is 1.93. The fourth-order valence-corrected chi connectivity index (χ4v) is 2.34. The summed E-state index contributed by atoms with van der Waals surface area (Å²) in [5.41, 5.74) is 4.18. The van der Waals surface area contributed by atoms with E-state index in [1.165, 1.54) is 0 Å². The molecule has 0 unspecified atom stereocenters. The molecule has 0 radical (unpaired) electrons. The van der Waals surface area contributed by atoms with Gasteiger partial charge in [-0.3, -0.25) is 9.59 Å². The molecule has 2 amide bonds. The number of amides is 2. The van der Waals surface area contributed by atoms with E-state index in [4.69, 9.17) is 0 Å². The molecule has 0 atom stereocenters. The molecule has 0 heterocycles. The predicted molar refractivity (Wildman–Crippen MR) is 97.1 cm³/mol. The summed E-state index contributed by atoms with van der Waals surface area (Å²) in [5, 5.41) is 6.44. The van der Waals surface area contributed by atoms with Crippen LogP contribution in [0.4, 0.5) is 0 Å². The zero-order valence-electron chi connectivity index (χ0n) is 13.4. The molecule has 0 spiro atoms. The van der Waals surface area contributed by atoms with Crippen molar-refractivity contribution in [1.29, 1.82) is 0 Å². The Morgan fingerprint density at radius 2 is 1.75 bits per heavy atom. The van der Waals surface area contributed by atoms with Gasteiger partial charge in [0.1, 0.15) is 0 Å². The van der Waals surface area contributed by atoms with Gasteiger partial charge in [0.05, 0.1) is 19.2 Å². The second kappa shape index (κ2) is 9.52. The number of nitrogens with one attached hydrogen (secondary N) is 2. The van der Waals surface area contributed by atoms with Crippen molar-refractivity contribution in [2.75, 3.05) is 12.8 Å². The first-order valence-corrected chi connectivity index (χ1v) is 8.66. The Balaban J connectivity index is 1.70. The Bertz CT molecular complexity index is 700. The third kappa shape index (κ3) is 6.26. The molecule has 2 rings (SSSR count). The molecule has 0 aliphatic carbocycles. The highest BCUT2D eigenvalue weighted by Gasteiger charge is 2.05. The third-order valence-electron chi connectivity index (χ3n) is 3.17. The molecular weight excluding hydrogens is 322 g/mol. The number of hydrogen-bond acceptors (Lipinski definition) is 4. The van der Waals surface area contributed by atoms with Crippen molar-refractivity contribution < 1.29 is 9.59 Å². The number of hydrazone groups is 1. The number of hydrogen-bond donors (Lipinski definition) is 2. The van der Waals surface area contributed by atoms with Crippen LogP contribution in [0.5, 0.6) is 0 Å². The first-order valence-electron chi connectivity index (χ1n) is 7.44. The lowest BCUT2D eigenvalue weighted by Crippen LogP contribution is -2.35. The Morgan fingerprint density at radius 1 is 1.04 bits per heavy atom. The average Bonchev–Trinajstić information content (AvgIpc) is 2.61. The maximum absolute atomic E-state index is 11.7. The maximum atomic E-state index is 11.7. The molecule has 124 valence electrons. The van der Waals surface area contributed by atoms with Crippen molar-refractivity contribution in [3.05, 3.63) is 65.7 Å². The molecule has 24 heavy (non-hydrogen) atoms. The zero-order valence-corrected chi connectivity index (χ0v) is 14.2. The lowest BCUT2D eigenvalue weighted by molar-refractivity contribution is -0.125. The van der Waals surface area contributed by atoms with Gasteiger partial charge in [0, 0.05) is 4.90 Å². The number of nitrogens with zero attached hydrogens (tertiary/aromatic N) is 1. The first kappa shape index (κ1) is 17.7. The Hall–Kier alpha value is -2.60. The van der Waals surface area contributed by atoms with Crippen LogP contribution in [0.2, 0.25) is 0 Å². The largest absolute Gasteiger partial charge is 0.347 e. The molecule has 0 saturated heterocycles. The predicted octanol–water partition coefficient (Wildman–Crippen LogP) is 2.22. The summed E-state index contributed by atoms with van der Waals surface area (Å²) < 4.78 is 0. The van der Waals surface area contributed by atoms with Crippen molar-refractivity contribution in [2.45, 2.75) is 11.3 Å². The summed E-state index contributed by atoms with van der Waals surface area (Å²) in [4.78, 5) is 24.6. The summed E-state index contributed by atoms with van der Waals surface area (Å²) in [5.74, 6) is -0.568. The Labute approximate surface area is 145 Å². The summed E-state index contributed by atoms with van der Waals surface area (Å²) in [6.45, 7) is -0.103. The highest BCUT2D eigenvalue weighted by atomic mass is 32.2. The molecular formula is C18H19N3O2S. The summed E-state index contributed by atoms with van der Waals surface area (Å²) in [7, 11) is 0. The molecule has 5 nitrogen and oxygen atoms in total. The third-order valence-corrected chi connectivity index (χ3v) is 3.92. The summed E-state index contributed by atoms with van der Waals surface area (Å²) in [6, 6.07) is 17.2. The Morgan fingerprint density at radius 3 is 2.42 bits per heavy atom. The average molecular weight is 341 g/mol. The van der Waals surface area contributed by atoms with Gasteiger partial charge >= 0.3 is 0 Å². The normalized spacial score (nSPS) is 10.5. The van der Waals surface area contributed by atoms with Crippen LogP contribution in [0.1, 0.15) is 11.1 Å². The van der Waals surface area contributed by atoms with E-state index in [1.807, 2.05) is 60.9 Å². The minimum Gasteiger partial charge on any atom is -0.347 e. The highest BCUT2D eigenvalue weighted by molar-refractivity contribution is 7.98. The van der Waals surface area contributed by atoms with Crippen molar-refractivity contribution in [2.24, 2.45) is 5.10 Å². The molecule has 6 heteroatoms. The van der Waals surface area contributed by atoms with Crippen molar-refractivity contribution >= 4 is 29.8 Å². The van der Waals surface area contributed by atoms with E-state index >= 15 is 0 Å². The molecule has 0 aliphatic rings. The maximum Gasteiger partial charge on any atom is 0.259 e. The molecule has 0 saturated carbocycles.